The quantitative estimate of drug-likeness (QED) is 0.631. The van der Waals surface area contributed by atoms with E-state index in [9.17, 15) is 14.7 Å². The zero-order valence-electron chi connectivity index (χ0n) is 9.87. The molecule has 0 unspecified atom stereocenters. The molecule has 18 heavy (non-hydrogen) atoms. The minimum atomic E-state index is -1.32. The third-order valence-corrected chi connectivity index (χ3v) is 2.43. The molecule has 2 atom stereocenters. The van der Waals surface area contributed by atoms with Crippen LogP contribution in [0.5, 0.6) is 0 Å². The van der Waals surface area contributed by atoms with Crippen LogP contribution in [-0.2, 0) is 9.59 Å². The molecular formula is C13H16N2O3. The summed E-state index contributed by atoms with van der Waals surface area (Å²) in [5.41, 5.74) is 5.58. The van der Waals surface area contributed by atoms with E-state index in [0.29, 0.717) is 5.56 Å². The molecule has 0 aliphatic rings. The van der Waals surface area contributed by atoms with Crippen LogP contribution in [0.2, 0.25) is 0 Å². The fraction of sp³-hybridized carbons (Fsp3) is 0.231. The first-order valence-electron chi connectivity index (χ1n) is 5.50. The van der Waals surface area contributed by atoms with E-state index in [1.54, 1.807) is 30.3 Å². The lowest BCUT2D eigenvalue weighted by molar-refractivity contribution is -0.133. The summed E-state index contributed by atoms with van der Waals surface area (Å²) in [6.07, 6.45) is 0.380. The van der Waals surface area contributed by atoms with Gasteiger partial charge in [0.05, 0.1) is 0 Å². The van der Waals surface area contributed by atoms with Gasteiger partial charge in [0.25, 0.3) is 5.91 Å². The molecule has 2 amide bonds. The summed E-state index contributed by atoms with van der Waals surface area (Å²) in [6.45, 7) is 3.47. The highest BCUT2D eigenvalue weighted by Gasteiger charge is 2.22. The molecule has 5 nitrogen and oxygen atoms in total. The number of carbonyl (C=O) groups excluding carboxylic acids is 2. The van der Waals surface area contributed by atoms with Gasteiger partial charge < -0.3 is 16.2 Å². The Balaban J connectivity index is 2.70. The normalized spacial score (nSPS) is 13.4. The van der Waals surface area contributed by atoms with Crippen LogP contribution in [0, 0.1) is 0 Å². The summed E-state index contributed by atoms with van der Waals surface area (Å²) in [5, 5.41) is 12.2. The van der Waals surface area contributed by atoms with Gasteiger partial charge >= 0.3 is 0 Å². The Labute approximate surface area is 105 Å². The second-order valence-corrected chi connectivity index (χ2v) is 3.80. The van der Waals surface area contributed by atoms with Gasteiger partial charge in [-0.05, 0) is 12.0 Å². The number of benzene rings is 1. The smallest absolute Gasteiger partial charge is 0.254 e. The molecule has 5 heteroatoms. The predicted octanol–water partition coefficient (Wildman–Crippen LogP) is 0.266. The average molecular weight is 248 g/mol. The van der Waals surface area contributed by atoms with Crippen LogP contribution >= 0.6 is 0 Å². The molecular weight excluding hydrogens is 232 g/mol. The number of primary amides is 1. The summed E-state index contributed by atoms with van der Waals surface area (Å²) >= 11 is 0. The van der Waals surface area contributed by atoms with E-state index in [0.717, 1.165) is 0 Å². The Hall–Kier alpha value is -2.14. The maximum Gasteiger partial charge on any atom is 0.254 e. The molecule has 1 rings (SSSR count). The molecule has 0 aromatic heterocycles. The zero-order valence-corrected chi connectivity index (χ0v) is 9.87. The lowest BCUT2D eigenvalue weighted by atomic mass is 10.1. The van der Waals surface area contributed by atoms with Crippen molar-refractivity contribution < 1.29 is 14.7 Å². The van der Waals surface area contributed by atoms with E-state index in [1.165, 1.54) is 6.08 Å². The highest BCUT2D eigenvalue weighted by atomic mass is 16.3. The largest absolute Gasteiger partial charge is 0.378 e. The summed E-state index contributed by atoms with van der Waals surface area (Å²) in [4.78, 5) is 22.8. The number of aliphatic hydroxyl groups is 1. The van der Waals surface area contributed by atoms with Crippen molar-refractivity contribution in [3.8, 4) is 0 Å². The van der Waals surface area contributed by atoms with Crippen LogP contribution in [0.3, 0.4) is 0 Å². The number of aliphatic hydroxyl groups excluding tert-OH is 1. The number of carbonyl (C=O) groups is 2. The van der Waals surface area contributed by atoms with Gasteiger partial charge in [0.2, 0.25) is 5.91 Å². The van der Waals surface area contributed by atoms with Crippen molar-refractivity contribution in [3.05, 3.63) is 48.6 Å². The van der Waals surface area contributed by atoms with Crippen molar-refractivity contribution in [2.75, 3.05) is 0 Å². The lowest BCUT2D eigenvalue weighted by Gasteiger charge is -2.16. The van der Waals surface area contributed by atoms with E-state index >= 15 is 0 Å². The molecule has 1 aromatic rings. The van der Waals surface area contributed by atoms with Crippen molar-refractivity contribution in [2.24, 2.45) is 5.73 Å². The van der Waals surface area contributed by atoms with Crippen molar-refractivity contribution >= 4 is 11.8 Å². The fourth-order valence-corrected chi connectivity index (χ4v) is 1.45. The monoisotopic (exact) mass is 248 g/mol. The first kappa shape index (κ1) is 13.9. The molecule has 0 heterocycles. The maximum absolute atomic E-state index is 11.7. The van der Waals surface area contributed by atoms with Crippen LogP contribution < -0.4 is 11.1 Å². The molecule has 0 bridgehead atoms. The Kier molecular flexibility index (Phi) is 5.07. The standard InChI is InChI=1S/C13H16N2O3/c1-2-6-10(12(14)17)15-13(18)11(16)9-7-4-3-5-8-9/h2-5,7-8,10-11,16H,1,6H2,(H2,14,17)(H,15,18)/t10-,11-/m0/s1. The minimum Gasteiger partial charge on any atom is -0.378 e. The maximum atomic E-state index is 11.7. The third kappa shape index (κ3) is 3.71. The van der Waals surface area contributed by atoms with Crippen LogP contribution in [0.1, 0.15) is 18.1 Å². The Morgan fingerprint density at radius 2 is 2.00 bits per heavy atom. The van der Waals surface area contributed by atoms with Gasteiger partial charge in [0.15, 0.2) is 6.10 Å². The molecule has 0 radical (unpaired) electrons. The summed E-state index contributed by atoms with van der Waals surface area (Å²) in [6, 6.07) is 7.59. The van der Waals surface area contributed by atoms with Crippen molar-refractivity contribution in [1.29, 1.82) is 0 Å². The van der Waals surface area contributed by atoms with E-state index < -0.39 is 24.0 Å². The average Bonchev–Trinajstić information content (AvgIpc) is 2.38. The number of nitrogens with one attached hydrogen (secondary N) is 1. The van der Waals surface area contributed by atoms with Gasteiger partial charge in [-0.3, -0.25) is 9.59 Å². The van der Waals surface area contributed by atoms with Gasteiger partial charge in [-0.15, -0.1) is 6.58 Å². The molecule has 0 spiro atoms. The molecule has 0 aliphatic carbocycles. The van der Waals surface area contributed by atoms with Gasteiger partial charge in [-0.2, -0.15) is 0 Å². The highest BCUT2D eigenvalue weighted by molar-refractivity contribution is 5.89. The highest BCUT2D eigenvalue weighted by Crippen LogP contribution is 2.12. The van der Waals surface area contributed by atoms with Crippen LogP contribution in [0.15, 0.2) is 43.0 Å². The molecule has 0 saturated heterocycles. The third-order valence-electron chi connectivity index (χ3n) is 2.43. The van der Waals surface area contributed by atoms with Crippen LogP contribution in [-0.4, -0.2) is 23.0 Å². The molecule has 1 aromatic carbocycles. The molecule has 96 valence electrons. The SMILES string of the molecule is C=CC[C@H](NC(=O)[C@@H](O)c1ccccc1)C(N)=O. The molecule has 0 fully saturated rings. The first-order chi connectivity index (χ1) is 8.56. The summed E-state index contributed by atoms with van der Waals surface area (Å²) in [7, 11) is 0. The second-order valence-electron chi connectivity index (χ2n) is 3.80. The van der Waals surface area contributed by atoms with E-state index in [1.807, 2.05) is 0 Å². The number of amides is 2. The Morgan fingerprint density at radius 3 is 2.50 bits per heavy atom. The van der Waals surface area contributed by atoms with E-state index in [2.05, 4.69) is 11.9 Å². The van der Waals surface area contributed by atoms with Crippen molar-refractivity contribution in [1.82, 2.24) is 5.32 Å². The number of nitrogens with two attached hydrogens (primary N) is 1. The van der Waals surface area contributed by atoms with Crippen LogP contribution in [0.4, 0.5) is 0 Å². The molecule has 0 aliphatic heterocycles. The number of hydrogen-bond acceptors (Lipinski definition) is 3. The second kappa shape index (κ2) is 6.56. The summed E-state index contributed by atoms with van der Waals surface area (Å²) in [5.74, 6) is -1.32. The molecule has 0 saturated carbocycles. The Bertz CT molecular complexity index is 431. The van der Waals surface area contributed by atoms with Crippen molar-refractivity contribution in [2.45, 2.75) is 18.6 Å². The zero-order chi connectivity index (χ0) is 13.5. The first-order valence-corrected chi connectivity index (χ1v) is 5.50. The van der Waals surface area contributed by atoms with E-state index in [-0.39, 0.29) is 6.42 Å². The van der Waals surface area contributed by atoms with Gasteiger partial charge in [0.1, 0.15) is 6.04 Å². The van der Waals surface area contributed by atoms with Gasteiger partial charge in [-0.25, -0.2) is 0 Å². The molecule has 4 N–H and O–H groups in total. The van der Waals surface area contributed by atoms with E-state index in [4.69, 9.17) is 5.73 Å². The topological polar surface area (TPSA) is 92.4 Å². The van der Waals surface area contributed by atoms with Gasteiger partial charge in [-0.1, -0.05) is 36.4 Å². The fourth-order valence-electron chi connectivity index (χ4n) is 1.45. The number of rotatable bonds is 6. The van der Waals surface area contributed by atoms with Crippen molar-refractivity contribution in [3.63, 3.8) is 0 Å². The predicted molar refractivity (Wildman–Crippen MR) is 67.3 cm³/mol. The summed E-state index contributed by atoms with van der Waals surface area (Å²) < 4.78 is 0. The van der Waals surface area contributed by atoms with Crippen LogP contribution in [0.25, 0.3) is 0 Å². The minimum absolute atomic E-state index is 0.225. The lowest BCUT2D eigenvalue weighted by Crippen LogP contribution is -2.45. The van der Waals surface area contributed by atoms with Gasteiger partial charge in [0, 0.05) is 0 Å². The number of hydrogen-bond donors (Lipinski definition) is 3. The Morgan fingerprint density at radius 1 is 1.39 bits per heavy atom.